The number of carbonyl (C=O) groups is 2. The van der Waals surface area contributed by atoms with E-state index in [9.17, 15) is 18.0 Å². The molecule has 0 aromatic heterocycles. The number of hydrogen-bond donors (Lipinski definition) is 2. The summed E-state index contributed by atoms with van der Waals surface area (Å²) in [6, 6.07) is 24.4. The number of anilines is 2. The SMILES string of the molecule is CC(C)(C)OC(=O)C1CNCCC1C(=O)Nc1ccc(N(Cc2ccccc2)S(=O)(=O)c2ccccc2)cc1. The number of rotatable bonds is 8. The van der Waals surface area contributed by atoms with Gasteiger partial charge in [0.05, 0.1) is 29.0 Å². The number of ether oxygens (including phenoxy) is 1. The average Bonchev–Trinajstić information content (AvgIpc) is 2.92. The van der Waals surface area contributed by atoms with Crippen molar-refractivity contribution in [2.75, 3.05) is 22.7 Å². The molecule has 3 aromatic carbocycles. The van der Waals surface area contributed by atoms with Crippen molar-refractivity contribution in [1.29, 1.82) is 0 Å². The summed E-state index contributed by atoms with van der Waals surface area (Å²) in [7, 11) is -3.85. The van der Waals surface area contributed by atoms with Gasteiger partial charge in [0.25, 0.3) is 10.0 Å². The highest BCUT2D eigenvalue weighted by atomic mass is 32.2. The number of nitrogens with zero attached hydrogens (tertiary/aromatic N) is 1. The molecule has 206 valence electrons. The van der Waals surface area contributed by atoms with Gasteiger partial charge in [0.1, 0.15) is 5.60 Å². The van der Waals surface area contributed by atoms with Gasteiger partial charge in [-0.15, -0.1) is 0 Å². The first kappa shape index (κ1) is 28.3. The van der Waals surface area contributed by atoms with E-state index in [0.717, 1.165) is 5.56 Å². The van der Waals surface area contributed by atoms with Crippen LogP contribution in [0.1, 0.15) is 32.8 Å². The quantitative estimate of drug-likeness (QED) is 0.399. The molecule has 1 amide bonds. The molecule has 39 heavy (non-hydrogen) atoms. The van der Waals surface area contributed by atoms with Gasteiger partial charge in [-0.25, -0.2) is 8.42 Å². The number of piperidine rings is 1. The Hall–Kier alpha value is -3.69. The lowest BCUT2D eigenvalue weighted by Crippen LogP contribution is -2.47. The molecule has 4 rings (SSSR count). The number of hydrogen-bond acceptors (Lipinski definition) is 6. The number of nitrogens with one attached hydrogen (secondary N) is 2. The summed E-state index contributed by atoms with van der Waals surface area (Å²) in [5, 5.41) is 6.08. The molecule has 1 fully saturated rings. The van der Waals surface area contributed by atoms with Crippen LogP contribution in [0.5, 0.6) is 0 Å². The summed E-state index contributed by atoms with van der Waals surface area (Å²) in [5.41, 5.74) is 1.18. The Kier molecular flexibility index (Phi) is 8.72. The van der Waals surface area contributed by atoms with E-state index >= 15 is 0 Å². The first-order valence-electron chi connectivity index (χ1n) is 13.0. The minimum Gasteiger partial charge on any atom is -0.460 e. The zero-order valence-corrected chi connectivity index (χ0v) is 23.3. The van der Waals surface area contributed by atoms with Crippen LogP contribution >= 0.6 is 0 Å². The molecule has 2 N–H and O–H groups in total. The summed E-state index contributed by atoms with van der Waals surface area (Å²) in [6.07, 6.45) is 0.508. The Morgan fingerprint density at radius 1 is 0.923 bits per heavy atom. The van der Waals surface area contributed by atoms with E-state index in [2.05, 4.69) is 10.6 Å². The molecule has 3 aromatic rings. The highest BCUT2D eigenvalue weighted by Crippen LogP contribution is 2.29. The van der Waals surface area contributed by atoms with E-state index in [4.69, 9.17) is 4.74 Å². The minimum atomic E-state index is -3.85. The largest absolute Gasteiger partial charge is 0.460 e. The zero-order chi connectivity index (χ0) is 28.0. The average molecular weight is 550 g/mol. The summed E-state index contributed by atoms with van der Waals surface area (Å²) in [4.78, 5) is 26.1. The summed E-state index contributed by atoms with van der Waals surface area (Å²) in [6.45, 7) is 6.56. The van der Waals surface area contributed by atoms with Crippen LogP contribution in [0.15, 0.2) is 89.8 Å². The van der Waals surface area contributed by atoms with Crippen LogP contribution in [0.2, 0.25) is 0 Å². The third-order valence-corrected chi connectivity index (χ3v) is 8.24. The molecule has 0 bridgehead atoms. The summed E-state index contributed by atoms with van der Waals surface area (Å²) >= 11 is 0. The van der Waals surface area contributed by atoms with Gasteiger partial charge in [-0.2, -0.15) is 0 Å². The highest BCUT2D eigenvalue weighted by Gasteiger charge is 2.38. The first-order chi connectivity index (χ1) is 18.5. The molecule has 0 spiro atoms. The predicted octanol–water partition coefficient (Wildman–Crippen LogP) is 4.59. The Bertz CT molecular complexity index is 1370. The van der Waals surface area contributed by atoms with Crippen molar-refractivity contribution < 1.29 is 22.7 Å². The second-order valence-electron chi connectivity index (χ2n) is 10.6. The van der Waals surface area contributed by atoms with Crippen molar-refractivity contribution >= 4 is 33.3 Å². The second-order valence-corrected chi connectivity index (χ2v) is 12.4. The van der Waals surface area contributed by atoms with Gasteiger partial charge in [0, 0.05) is 12.2 Å². The van der Waals surface area contributed by atoms with Crippen molar-refractivity contribution in [1.82, 2.24) is 5.32 Å². The molecular weight excluding hydrogens is 514 g/mol. The van der Waals surface area contributed by atoms with E-state index in [-0.39, 0.29) is 17.3 Å². The maximum absolute atomic E-state index is 13.6. The lowest BCUT2D eigenvalue weighted by atomic mass is 9.85. The van der Waals surface area contributed by atoms with E-state index < -0.39 is 33.4 Å². The van der Waals surface area contributed by atoms with Crippen molar-refractivity contribution in [3.63, 3.8) is 0 Å². The van der Waals surface area contributed by atoms with Crippen LogP contribution in [-0.2, 0) is 30.9 Å². The Balaban J connectivity index is 1.54. The van der Waals surface area contributed by atoms with Gasteiger partial charge >= 0.3 is 5.97 Å². The summed E-state index contributed by atoms with van der Waals surface area (Å²) < 4.78 is 34.1. The van der Waals surface area contributed by atoms with E-state index in [0.29, 0.717) is 30.9 Å². The van der Waals surface area contributed by atoms with Gasteiger partial charge in [0.2, 0.25) is 5.91 Å². The molecule has 1 aliphatic heterocycles. The molecule has 9 heteroatoms. The van der Waals surface area contributed by atoms with Crippen LogP contribution in [-0.4, -0.2) is 39.0 Å². The maximum Gasteiger partial charge on any atom is 0.311 e. The van der Waals surface area contributed by atoms with Gasteiger partial charge in [-0.3, -0.25) is 13.9 Å². The minimum absolute atomic E-state index is 0.149. The molecule has 2 unspecified atom stereocenters. The second kappa shape index (κ2) is 12.0. The molecule has 1 saturated heterocycles. The molecule has 1 aliphatic rings. The zero-order valence-electron chi connectivity index (χ0n) is 22.5. The Morgan fingerprint density at radius 2 is 1.54 bits per heavy atom. The molecule has 8 nitrogen and oxygen atoms in total. The lowest BCUT2D eigenvalue weighted by molar-refractivity contribution is -0.164. The normalized spacial score (nSPS) is 17.7. The van der Waals surface area contributed by atoms with E-state index in [1.54, 1.807) is 75.4 Å². The molecule has 0 saturated carbocycles. The van der Waals surface area contributed by atoms with Crippen molar-refractivity contribution in [2.45, 2.75) is 44.2 Å². The third kappa shape index (κ3) is 7.25. The third-order valence-electron chi connectivity index (χ3n) is 6.45. The first-order valence-corrected chi connectivity index (χ1v) is 14.4. The van der Waals surface area contributed by atoms with Crippen LogP contribution in [0.4, 0.5) is 11.4 Å². The van der Waals surface area contributed by atoms with Crippen molar-refractivity contribution in [3.8, 4) is 0 Å². The van der Waals surface area contributed by atoms with Crippen LogP contribution in [0.25, 0.3) is 0 Å². The van der Waals surface area contributed by atoms with Gasteiger partial charge in [0.15, 0.2) is 0 Å². The van der Waals surface area contributed by atoms with Gasteiger partial charge in [-0.05, 0) is 75.7 Å². The Labute approximate surface area is 230 Å². The van der Waals surface area contributed by atoms with E-state index in [1.165, 1.54) is 4.31 Å². The van der Waals surface area contributed by atoms with Gasteiger partial charge < -0.3 is 15.4 Å². The predicted molar refractivity (Wildman–Crippen MR) is 152 cm³/mol. The molecule has 2 atom stereocenters. The standard InChI is InChI=1S/C30H35N3O5S/c1-30(2,3)38-29(35)27-20-31-19-18-26(27)28(34)32-23-14-16-24(17-15-23)33(21-22-10-6-4-7-11-22)39(36,37)25-12-8-5-9-13-25/h4-17,26-27,31H,18-21H2,1-3H3,(H,32,34). The van der Waals surface area contributed by atoms with E-state index in [1.807, 2.05) is 30.3 Å². The molecule has 0 aliphatic carbocycles. The number of esters is 1. The number of benzene rings is 3. The Morgan fingerprint density at radius 3 is 2.15 bits per heavy atom. The van der Waals surface area contributed by atoms with Crippen LogP contribution < -0.4 is 14.9 Å². The maximum atomic E-state index is 13.6. The monoisotopic (exact) mass is 549 g/mol. The highest BCUT2D eigenvalue weighted by molar-refractivity contribution is 7.92. The topological polar surface area (TPSA) is 105 Å². The van der Waals surface area contributed by atoms with Crippen molar-refractivity contribution in [2.24, 2.45) is 11.8 Å². The number of sulfonamides is 1. The number of carbonyl (C=O) groups excluding carboxylic acids is 2. The lowest BCUT2D eigenvalue weighted by Gasteiger charge is -2.32. The summed E-state index contributed by atoms with van der Waals surface area (Å²) in [5.74, 6) is -1.78. The van der Waals surface area contributed by atoms with Crippen molar-refractivity contribution in [3.05, 3.63) is 90.5 Å². The smallest absolute Gasteiger partial charge is 0.311 e. The fourth-order valence-electron chi connectivity index (χ4n) is 4.53. The van der Waals surface area contributed by atoms with Crippen LogP contribution in [0, 0.1) is 11.8 Å². The number of amides is 1. The molecular formula is C30H35N3O5S. The molecule has 1 heterocycles. The molecule has 0 radical (unpaired) electrons. The fraction of sp³-hybridized carbons (Fsp3) is 0.333. The van der Waals surface area contributed by atoms with Gasteiger partial charge in [-0.1, -0.05) is 48.5 Å². The fourth-order valence-corrected chi connectivity index (χ4v) is 6.00. The van der Waals surface area contributed by atoms with Crippen LogP contribution in [0.3, 0.4) is 0 Å².